The summed E-state index contributed by atoms with van der Waals surface area (Å²) in [6.45, 7) is 4.38. The Hall–Kier alpha value is -2.67. The summed E-state index contributed by atoms with van der Waals surface area (Å²) >= 11 is 0. The summed E-state index contributed by atoms with van der Waals surface area (Å²) in [5.74, 6) is -0.658. The highest BCUT2D eigenvalue weighted by Gasteiger charge is 2.48. The predicted molar refractivity (Wildman–Crippen MR) is 104 cm³/mol. The molecule has 2 aliphatic heterocycles. The van der Waals surface area contributed by atoms with E-state index in [2.05, 4.69) is 10.00 Å². The first-order chi connectivity index (χ1) is 13.5. The van der Waals surface area contributed by atoms with Crippen LogP contribution in [0.1, 0.15) is 31.7 Å². The molecule has 0 aliphatic carbocycles. The van der Waals surface area contributed by atoms with Gasteiger partial charge in [-0.15, -0.1) is 0 Å². The van der Waals surface area contributed by atoms with Gasteiger partial charge in [0.05, 0.1) is 11.9 Å². The number of benzene rings is 1. The third-order valence-electron chi connectivity index (χ3n) is 6.20. The molecule has 7 heteroatoms. The van der Waals surface area contributed by atoms with Gasteiger partial charge >= 0.3 is 5.97 Å². The lowest BCUT2D eigenvalue weighted by Crippen LogP contribution is -2.43. The van der Waals surface area contributed by atoms with Crippen LogP contribution in [0.2, 0.25) is 0 Å². The zero-order chi connectivity index (χ0) is 19.7. The number of nitrogens with zero attached hydrogens (tertiary/aromatic N) is 4. The van der Waals surface area contributed by atoms with E-state index in [9.17, 15) is 14.7 Å². The van der Waals surface area contributed by atoms with Crippen LogP contribution in [0.25, 0.3) is 5.69 Å². The summed E-state index contributed by atoms with van der Waals surface area (Å²) in [4.78, 5) is 27.4. The van der Waals surface area contributed by atoms with Crippen molar-refractivity contribution in [3.05, 3.63) is 48.3 Å². The fourth-order valence-electron chi connectivity index (χ4n) is 4.61. The summed E-state index contributed by atoms with van der Waals surface area (Å²) in [6.07, 6.45) is 6.18. The van der Waals surface area contributed by atoms with Crippen LogP contribution in [0.4, 0.5) is 0 Å². The second kappa shape index (κ2) is 7.39. The van der Waals surface area contributed by atoms with Gasteiger partial charge in [0.25, 0.3) is 0 Å². The zero-order valence-electron chi connectivity index (χ0n) is 16.1. The number of likely N-dealkylation sites (tertiary alicyclic amines) is 2. The second-order valence-corrected chi connectivity index (χ2v) is 8.10. The maximum atomic E-state index is 11.9. The van der Waals surface area contributed by atoms with E-state index in [1.165, 1.54) is 0 Å². The number of piperidine rings is 1. The molecular formula is C21H26N4O3. The van der Waals surface area contributed by atoms with Gasteiger partial charge in [-0.1, -0.05) is 18.2 Å². The van der Waals surface area contributed by atoms with Crippen molar-refractivity contribution in [3.8, 4) is 5.69 Å². The topological polar surface area (TPSA) is 78.7 Å². The van der Waals surface area contributed by atoms with Crippen molar-refractivity contribution in [2.24, 2.45) is 5.41 Å². The Balaban J connectivity index is 1.47. The molecule has 0 bridgehead atoms. The number of carbonyl (C=O) groups excluding carboxylic acids is 1. The molecule has 1 unspecified atom stereocenters. The monoisotopic (exact) mass is 382 g/mol. The minimum Gasteiger partial charge on any atom is -0.480 e. The van der Waals surface area contributed by atoms with Crippen molar-refractivity contribution in [2.75, 3.05) is 19.6 Å². The number of carbonyl (C=O) groups is 2. The minimum absolute atomic E-state index is 0.00949. The molecule has 1 aromatic heterocycles. The van der Waals surface area contributed by atoms with E-state index in [4.69, 9.17) is 0 Å². The molecule has 2 saturated heterocycles. The standard InChI is InChI=1S/C21H26N4O3/c1-16(26)23-9-7-21(8-10-23)11-19(20(27)28)24(15-21)13-17-12-22-25(14-17)18-5-3-2-4-6-18/h2-6,12,14,19H,7-11,13,15H2,1H3,(H,27,28). The second-order valence-electron chi connectivity index (χ2n) is 8.10. The van der Waals surface area contributed by atoms with Crippen LogP contribution in [-0.2, 0) is 16.1 Å². The van der Waals surface area contributed by atoms with E-state index >= 15 is 0 Å². The molecule has 7 nitrogen and oxygen atoms in total. The summed E-state index contributed by atoms with van der Waals surface area (Å²) in [7, 11) is 0. The highest BCUT2D eigenvalue weighted by atomic mass is 16.4. The van der Waals surface area contributed by atoms with E-state index in [0.29, 0.717) is 13.0 Å². The highest BCUT2D eigenvalue weighted by Crippen LogP contribution is 2.44. The van der Waals surface area contributed by atoms with Crippen LogP contribution in [0, 0.1) is 5.41 Å². The molecule has 0 saturated carbocycles. The van der Waals surface area contributed by atoms with Crippen molar-refractivity contribution in [3.63, 3.8) is 0 Å². The SMILES string of the molecule is CC(=O)N1CCC2(CC1)CC(C(=O)O)N(Cc1cnn(-c3ccccc3)c1)C2. The molecule has 2 fully saturated rings. The third-order valence-corrected chi connectivity index (χ3v) is 6.20. The fraction of sp³-hybridized carbons (Fsp3) is 0.476. The van der Waals surface area contributed by atoms with E-state index in [-0.39, 0.29) is 11.3 Å². The molecule has 1 aromatic carbocycles. The van der Waals surface area contributed by atoms with Crippen molar-refractivity contribution < 1.29 is 14.7 Å². The van der Waals surface area contributed by atoms with Crippen LogP contribution in [0.3, 0.4) is 0 Å². The molecule has 1 spiro atoms. The maximum absolute atomic E-state index is 11.9. The van der Waals surface area contributed by atoms with Crippen LogP contribution < -0.4 is 0 Å². The lowest BCUT2D eigenvalue weighted by atomic mass is 9.76. The van der Waals surface area contributed by atoms with Crippen LogP contribution >= 0.6 is 0 Å². The molecule has 0 radical (unpaired) electrons. The molecule has 1 amide bonds. The van der Waals surface area contributed by atoms with Crippen molar-refractivity contribution in [1.82, 2.24) is 19.6 Å². The molecule has 148 valence electrons. The number of aromatic nitrogens is 2. The maximum Gasteiger partial charge on any atom is 0.320 e. The van der Waals surface area contributed by atoms with Gasteiger partial charge in [0.2, 0.25) is 5.91 Å². The third kappa shape index (κ3) is 3.67. The number of hydrogen-bond donors (Lipinski definition) is 1. The Morgan fingerprint density at radius 1 is 1.21 bits per heavy atom. The van der Waals surface area contributed by atoms with Crippen LogP contribution in [0.5, 0.6) is 0 Å². The van der Waals surface area contributed by atoms with Gasteiger partial charge in [-0.05, 0) is 36.8 Å². The molecular weight excluding hydrogens is 356 g/mol. The van der Waals surface area contributed by atoms with Gasteiger partial charge in [0.1, 0.15) is 6.04 Å². The largest absolute Gasteiger partial charge is 0.480 e. The molecule has 2 aromatic rings. The first-order valence-corrected chi connectivity index (χ1v) is 9.77. The number of hydrogen-bond acceptors (Lipinski definition) is 4. The summed E-state index contributed by atoms with van der Waals surface area (Å²) in [6, 6.07) is 9.40. The smallest absolute Gasteiger partial charge is 0.320 e. The lowest BCUT2D eigenvalue weighted by Gasteiger charge is -2.39. The van der Waals surface area contributed by atoms with Crippen molar-refractivity contribution in [1.29, 1.82) is 0 Å². The zero-order valence-corrected chi connectivity index (χ0v) is 16.1. The van der Waals surface area contributed by atoms with Crippen molar-refractivity contribution >= 4 is 11.9 Å². The summed E-state index contributed by atoms with van der Waals surface area (Å²) < 4.78 is 1.82. The first-order valence-electron chi connectivity index (χ1n) is 9.77. The Kier molecular flexibility index (Phi) is 4.93. The Morgan fingerprint density at radius 3 is 2.57 bits per heavy atom. The number of aliphatic carboxylic acids is 1. The fourth-order valence-corrected chi connectivity index (χ4v) is 4.61. The Labute approximate surface area is 164 Å². The van der Waals surface area contributed by atoms with Crippen LogP contribution in [-0.4, -0.2) is 62.2 Å². The molecule has 1 atom stereocenters. The highest BCUT2D eigenvalue weighted by molar-refractivity contribution is 5.74. The van der Waals surface area contributed by atoms with Crippen LogP contribution in [0.15, 0.2) is 42.7 Å². The normalized spacial score (nSPS) is 21.9. The lowest BCUT2D eigenvalue weighted by molar-refractivity contribution is -0.142. The Bertz CT molecular complexity index is 856. The molecule has 3 heterocycles. The predicted octanol–water partition coefficient (Wildman–Crippen LogP) is 2.16. The van der Waals surface area contributed by atoms with Gasteiger partial charge in [0.15, 0.2) is 0 Å². The average Bonchev–Trinajstić information content (AvgIpc) is 3.28. The number of rotatable bonds is 4. The van der Waals surface area contributed by atoms with Gasteiger partial charge in [-0.25, -0.2) is 4.68 Å². The van der Waals surface area contributed by atoms with Gasteiger partial charge in [-0.3, -0.25) is 14.5 Å². The first kappa shape index (κ1) is 18.7. The average molecular weight is 382 g/mol. The van der Waals surface area contributed by atoms with E-state index in [0.717, 1.165) is 43.7 Å². The number of carboxylic acids is 1. The quantitative estimate of drug-likeness (QED) is 0.877. The van der Waals surface area contributed by atoms with Gasteiger partial charge in [0, 0.05) is 44.9 Å². The van der Waals surface area contributed by atoms with E-state index in [1.54, 1.807) is 6.92 Å². The Morgan fingerprint density at radius 2 is 1.93 bits per heavy atom. The van der Waals surface area contributed by atoms with E-state index < -0.39 is 12.0 Å². The van der Waals surface area contributed by atoms with Crippen molar-refractivity contribution in [2.45, 2.75) is 38.8 Å². The van der Waals surface area contributed by atoms with E-state index in [1.807, 2.05) is 52.3 Å². The van der Waals surface area contributed by atoms with Gasteiger partial charge in [-0.2, -0.15) is 5.10 Å². The number of carboxylic acid groups (broad SMARTS) is 1. The summed E-state index contributed by atoms with van der Waals surface area (Å²) in [5.41, 5.74) is 1.98. The molecule has 1 N–H and O–H groups in total. The molecule has 28 heavy (non-hydrogen) atoms. The number of para-hydroxylation sites is 1. The molecule has 2 aliphatic rings. The van der Waals surface area contributed by atoms with Gasteiger partial charge < -0.3 is 10.0 Å². The number of amides is 1. The minimum atomic E-state index is -0.763. The summed E-state index contributed by atoms with van der Waals surface area (Å²) in [5, 5.41) is 14.2. The molecule has 4 rings (SSSR count).